The van der Waals surface area contributed by atoms with Gasteiger partial charge in [0.1, 0.15) is 6.33 Å². The zero-order valence-electron chi connectivity index (χ0n) is 11.2. The van der Waals surface area contributed by atoms with Crippen molar-refractivity contribution in [3.8, 4) is 5.69 Å². The molecule has 19 heavy (non-hydrogen) atoms. The Hall–Kier alpha value is -1.91. The van der Waals surface area contributed by atoms with Crippen molar-refractivity contribution in [3.63, 3.8) is 0 Å². The molecule has 1 N–H and O–H groups in total. The van der Waals surface area contributed by atoms with Crippen LogP contribution >= 0.6 is 0 Å². The zero-order valence-corrected chi connectivity index (χ0v) is 11.2. The van der Waals surface area contributed by atoms with Crippen molar-refractivity contribution in [2.75, 3.05) is 5.32 Å². The summed E-state index contributed by atoms with van der Waals surface area (Å²) in [5.74, 6) is 0.905. The molecule has 0 spiro atoms. The molecular formula is C14H19N5. The number of nitrogens with one attached hydrogen (secondary N) is 1. The zero-order chi connectivity index (χ0) is 13.1. The highest BCUT2D eigenvalue weighted by Gasteiger charge is 2.20. The summed E-state index contributed by atoms with van der Waals surface area (Å²) in [4.78, 5) is 0. The number of rotatable bonds is 5. The summed E-state index contributed by atoms with van der Waals surface area (Å²) in [6.45, 7) is 2.24. The summed E-state index contributed by atoms with van der Waals surface area (Å²) in [7, 11) is 0. The Morgan fingerprint density at radius 2 is 2.21 bits per heavy atom. The van der Waals surface area contributed by atoms with Crippen LogP contribution in [-0.4, -0.2) is 26.2 Å². The van der Waals surface area contributed by atoms with Crippen molar-refractivity contribution >= 4 is 5.69 Å². The van der Waals surface area contributed by atoms with E-state index in [1.165, 1.54) is 25.7 Å². The first-order valence-corrected chi connectivity index (χ1v) is 6.92. The first kappa shape index (κ1) is 12.1. The molecule has 1 heterocycles. The second-order valence-corrected chi connectivity index (χ2v) is 5.35. The number of benzene rings is 1. The Balaban J connectivity index is 1.73. The first-order valence-electron chi connectivity index (χ1n) is 6.92. The van der Waals surface area contributed by atoms with Crippen molar-refractivity contribution in [1.29, 1.82) is 0 Å². The van der Waals surface area contributed by atoms with Crippen LogP contribution < -0.4 is 5.32 Å². The van der Waals surface area contributed by atoms with E-state index in [1.54, 1.807) is 11.0 Å². The molecule has 0 radical (unpaired) electrons. The lowest BCUT2D eigenvalue weighted by Gasteiger charge is -2.29. The summed E-state index contributed by atoms with van der Waals surface area (Å²) in [6, 6.07) is 8.61. The third-order valence-electron chi connectivity index (χ3n) is 3.81. The lowest BCUT2D eigenvalue weighted by molar-refractivity contribution is 0.286. The van der Waals surface area contributed by atoms with Crippen LogP contribution in [-0.2, 0) is 0 Å². The Labute approximate surface area is 113 Å². The van der Waals surface area contributed by atoms with Gasteiger partial charge in [0, 0.05) is 6.04 Å². The molecular weight excluding hydrogens is 238 g/mol. The third kappa shape index (κ3) is 2.75. The van der Waals surface area contributed by atoms with E-state index in [-0.39, 0.29) is 0 Å². The van der Waals surface area contributed by atoms with Gasteiger partial charge in [-0.1, -0.05) is 31.4 Å². The van der Waals surface area contributed by atoms with Crippen molar-refractivity contribution < 1.29 is 0 Å². The highest BCUT2D eigenvalue weighted by atomic mass is 15.5. The van der Waals surface area contributed by atoms with Crippen molar-refractivity contribution in [2.45, 2.75) is 38.6 Å². The second-order valence-electron chi connectivity index (χ2n) is 5.35. The molecule has 2 aromatic rings. The van der Waals surface area contributed by atoms with Gasteiger partial charge in [-0.05, 0) is 41.8 Å². The van der Waals surface area contributed by atoms with Crippen LogP contribution in [0.5, 0.6) is 0 Å². The number of hydrogen-bond donors (Lipinski definition) is 1. The lowest BCUT2D eigenvalue weighted by atomic mass is 9.81. The molecule has 0 amide bonds. The molecule has 1 aliphatic rings. The van der Waals surface area contributed by atoms with Gasteiger partial charge < -0.3 is 5.32 Å². The Morgan fingerprint density at radius 1 is 1.37 bits per heavy atom. The fourth-order valence-electron chi connectivity index (χ4n) is 2.62. The molecule has 1 unspecified atom stereocenters. The maximum atomic E-state index is 3.96. The van der Waals surface area contributed by atoms with Crippen LogP contribution in [0.2, 0.25) is 0 Å². The second kappa shape index (κ2) is 5.38. The fraction of sp³-hybridized carbons (Fsp3) is 0.500. The molecule has 1 fully saturated rings. The number of hydrogen-bond acceptors (Lipinski definition) is 4. The molecule has 100 valence electrons. The molecule has 1 aliphatic carbocycles. The van der Waals surface area contributed by atoms with Crippen LogP contribution in [0.3, 0.4) is 0 Å². The van der Waals surface area contributed by atoms with Crippen LogP contribution in [0, 0.1) is 5.92 Å². The predicted molar refractivity (Wildman–Crippen MR) is 74.2 cm³/mol. The van der Waals surface area contributed by atoms with Gasteiger partial charge in [-0.25, -0.2) is 0 Å². The van der Waals surface area contributed by atoms with Gasteiger partial charge in [-0.2, -0.15) is 4.68 Å². The molecule has 1 saturated carbocycles. The van der Waals surface area contributed by atoms with Crippen LogP contribution in [0.15, 0.2) is 30.6 Å². The smallest absolute Gasteiger partial charge is 0.143 e. The van der Waals surface area contributed by atoms with Crippen molar-refractivity contribution in [3.05, 3.63) is 30.6 Å². The fourth-order valence-corrected chi connectivity index (χ4v) is 2.62. The SMILES string of the molecule is CC(CC1CCC1)Nc1ccccc1-n1cnnn1. The highest BCUT2D eigenvalue weighted by molar-refractivity contribution is 5.60. The van der Waals surface area contributed by atoms with Crippen molar-refractivity contribution in [2.24, 2.45) is 5.92 Å². The molecule has 5 nitrogen and oxygen atoms in total. The monoisotopic (exact) mass is 257 g/mol. The van der Waals surface area contributed by atoms with Gasteiger partial charge in [-0.15, -0.1) is 5.10 Å². The Morgan fingerprint density at radius 3 is 2.89 bits per heavy atom. The van der Waals surface area contributed by atoms with E-state index >= 15 is 0 Å². The number of tetrazole rings is 1. The van der Waals surface area contributed by atoms with E-state index in [1.807, 2.05) is 18.2 Å². The Kier molecular flexibility index (Phi) is 3.44. The summed E-state index contributed by atoms with van der Waals surface area (Å²) < 4.78 is 1.69. The van der Waals surface area contributed by atoms with Crippen molar-refractivity contribution in [1.82, 2.24) is 20.2 Å². The van der Waals surface area contributed by atoms with Gasteiger partial charge in [0.25, 0.3) is 0 Å². The van der Waals surface area contributed by atoms with E-state index in [9.17, 15) is 0 Å². The summed E-state index contributed by atoms with van der Waals surface area (Å²) >= 11 is 0. The van der Waals surface area contributed by atoms with Crippen LogP contribution in [0.4, 0.5) is 5.69 Å². The maximum Gasteiger partial charge on any atom is 0.143 e. The molecule has 3 rings (SSSR count). The first-order chi connectivity index (χ1) is 9.33. The van der Waals surface area contributed by atoms with E-state index in [4.69, 9.17) is 0 Å². The van der Waals surface area contributed by atoms with Gasteiger partial charge in [0.2, 0.25) is 0 Å². The highest BCUT2D eigenvalue weighted by Crippen LogP contribution is 2.31. The average molecular weight is 257 g/mol. The number of anilines is 1. The molecule has 0 saturated heterocycles. The standard InChI is InChI=1S/C14H19N5/c1-11(9-12-5-4-6-12)16-13-7-2-3-8-14(13)19-10-15-17-18-19/h2-3,7-8,10-12,16H,4-6,9H2,1H3. The van der Waals surface area contributed by atoms with Crippen LogP contribution in [0.1, 0.15) is 32.6 Å². The summed E-state index contributed by atoms with van der Waals surface area (Å²) in [5.41, 5.74) is 2.08. The van der Waals surface area contributed by atoms with Gasteiger partial charge in [0.15, 0.2) is 0 Å². The quantitative estimate of drug-likeness (QED) is 0.894. The third-order valence-corrected chi connectivity index (χ3v) is 3.81. The maximum absolute atomic E-state index is 3.96. The molecule has 1 aromatic carbocycles. The summed E-state index contributed by atoms with van der Waals surface area (Å²) in [5, 5.41) is 14.9. The number of aromatic nitrogens is 4. The number of para-hydroxylation sites is 2. The van der Waals surface area contributed by atoms with Gasteiger partial charge in [0.05, 0.1) is 11.4 Å². The molecule has 0 bridgehead atoms. The minimum atomic E-state index is 0.475. The van der Waals surface area contributed by atoms with E-state index in [0.29, 0.717) is 6.04 Å². The lowest BCUT2D eigenvalue weighted by Crippen LogP contribution is -2.23. The number of nitrogens with zero attached hydrogens (tertiary/aromatic N) is 4. The van der Waals surface area contributed by atoms with E-state index in [2.05, 4.69) is 33.8 Å². The molecule has 5 heteroatoms. The molecule has 0 aliphatic heterocycles. The minimum Gasteiger partial charge on any atom is -0.381 e. The minimum absolute atomic E-state index is 0.475. The topological polar surface area (TPSA) is 55.6 Å². The van der Waals surface area contributed by atoms with Gasteiger partial charge >= 0.3 is 0 Å². The van der Waals surface area contributed by atoms with E-state index < -0.39 is 0 Å². The molecule has 1 aromatic heterocycles. The normalized spacial score (nSPS) is 16.9. The summed E-state index contributed by atoms with van der Waals surface area (Å²) in [6.07, 6.45) is 7.04. The largest absolute Gasteiger partial charge is 0.381 e. The average Bonchev–Trinajstić information content (AvgIpc) is 2.88. The van der Waals surface area contributed by atoms with Crippen LogP contribution in [0.25, 0.3) is 5.69 Å². The predicted octanol–water partition coefficient (Wildman–Crippen LogP) is 2.65. The Bertz CT molecular complexity index is 518. The molecule has 1 atom stereocenters. The van der Waals surface area contributed by atoms with Gasteiger partial charge in [-0.3, -0.25) is 0 Å². The van der Waals surface area contributed by atoms with E-state index in [0.717, 1.165) is 17.3 Å².